The van der Waals surface area contributed by atoms with Gasteiger partial charge < -0.3 is 0 Å². The minimum absolute atomic E-state index is 0.0434. The maximum absolute atomic E-state index is 12.7. The number of Topliss-reactive ketones (excluding diaryl/α,β-unsaturated/α-hetero) is 1. The molecule has 2 aromatic carbocycles. The van der Waals surface area contributed by atoms with E-state index in [0.717, 1.165) is 25.6 Å². The van der Waals surface area contributed by atoms with E-state index in [2.05, 4.69) is 31.9 Å². The van der Waals surface area contributed by atoms with Crippen LogP contribution in [0.25, 0.3) is 6.08 Å². The smallest absolute Gasteiger partial charge is 0.182 e. The van der Waals surface area contributed by atoms with Gasteiger partial charge in [-0.25, -0.2) is 0 Å². The predicted molar refractivity (Wildman–Crippen MR) is 107 cm³/mol. The van der Waals surface area contributed by atoms with E-state index >= 15 is 0 Å². The van der Waals surface area contributed by atoms with Crippen LogP contribution in [0.2, 0.25) is 0 Å². The maximum Gasteiger partial charge on any atom is 0.182 e. The minimum Gasteiger partial charge on any atom is -0.295 e. The van der Waals surface area contributed by atoms with Gasteiger partial charge in [0.2, 0.25) is 0 Å². The summed E-state index contributed by atoms with van der Waals surface area (Å²) in [6, 6.07) is 15.8. The molecule has 25 heavy (non-hydrogen) atoms. The van der Waals surface area contributed by atoms with Crippen LogP contribution in [-0.4, -0.2) is 11.6 Å². The summed E-state index contributed by atoms with van der Waals surface area (Å²) in [5.74, 6) is -0.251. The van der Waals surface area contributed by atoms with Crippen LogP contribution in [0.15, 0.2) is 74.7 Å². The number of hydrogen-bond donors (Lipinski definition) is 0. The van der Waals surface area contributed by atoms with Gasteiger partial charge in [-0.3, -0.25) is 9.59 Å². The molecule has 0 aliphatic heterocycles. The van der Waals surface area contributed by atoms with Crippen molar-refractivity contribution in [2.75, 3.05) is 0 Å². The third-order valence-corrected chi connectivity index (χ3v) is 5.36. The molecule has 4 heteroatoms. The van der Waals surface area contributed by atoms with Crippen molar-refractivity contribution in [2.45, 2.75) is 19.3 Å². The lowest BCUT2D eigenvalue weighted by Crippen LogP contribution is -2.19. The van der Waals surface area contributed by atoms with Crippen LogP contribution in [0.3, 0.4) is 0 Å². The summed E-state index contributed by atoms with van der Waals surface area (Å²) in [5.41, 5.74) is 3.31. The van der Waals surface area contributed by atoms with Gasteiger partial charge in [0, 0.05) is 20.4 Å². The molecular formula is C21H16Br2O2. The molecule has 3 rings (SSSR count). The Hall–Kier alpha value is -1.78. The number of rotatable bonds is 3. The zero-order valence-electron chi connectivity index (χ0n) is 13.6. The lowest BCUT2D eigenvalue weighted by Gasteiger charge is -2.25. The minimum atomic E-state index is -0.117. The first-order valence-corrected chi connectivity index (χ1v) is 9.51. The van der Waals surface area contributed by atoms with E-state index in [0.29, 0.717) is 12.0 Å². The molecule has 0 spiro atoms. The Balaban J connectivity index is 2.07. The van der Waals surface area contributed by atoms with Crippen LogP contribution in [0.1, 0.15) is 30.4 Å². The Morgan fingerprint density at radius 1 is 1.00 bits per heavy atom. The SMILES string of the molecule is CC(=O)C1=CC(=O)/C(=C\c2ccc(Br)cc2)C(c2ccc(Br)cc2)C1. The van der Waals surface area contributed by atoms with Gasteiger partial charge in [-0.1, -0.05) is 56.1 Å². The van der Waals surface area contributed by atoms with Crippen LogP contribution in [-0.2, 0) is 9.59 Å². The van der Waals surface area contributed by atoms with E-state index in [1.165, 1.54) is 13.0 Å². The fourth-order valence-corrected chi connectivity index (χ4v) is 3.48. The van der Waals surface area contributed by atoms with Crippen molar-refractivity contribution in [1.29, 1.82) is 0 Å². The molecule has 0 amide bonds. The van der Waals surface area contributed by atoms with Crippen LogP contribution >= 0.6 is 31.9 Å². The largest absolute Gasteiger partial charge is 0.295 e. The molecule has 1 atom stereocenters. The highest BCUT2D eigenvalue weighted by molar-refractivity contribution is 9.10. The van der Waals surface area contributed by atoms with E-state index < -0.39 is 0 Å². The van der Waals surface area contributed by atoms with Crippen LogP contribution in [0, 0.1) is 0 Å². The number of allylic oxidation sites excluding steroid dienone is 3. The Morgan fingerprint density at radius 2 is 1.56 bits per heavy atom. The Kier molecular flexibility index (Phi) is 5.50. The van der Waals surface area contributed by atoms with Gasteiger partial charge in [0.25, 0.3) is 0 Å². The average molecular weight is 460 g/mol. The van der Waals surface area contributed by atoms with E-state index in [9.17, 15) is 9.59 Å². The van der Waals surface area contributed by atoms with Gasteiger partial charge in [-0.15, -0.1) is 0 Å². The molecule has 0 heterocycles. The Morgan fingerprint density at radius 3 is 2.12 bits per heavy atom. The monoisotopic (exact) mass is 458 g/mol. The molecule has 0 fully saturated rings. The normalized spacial score (nSPS) is 19.0. The zero-order valence-corrected chi connectivity index (χ0v) is 16.8. The molecule has 2 aromatic rings. The van der Waals surface area contributed by atoms with Gasteiger partial charge in [0.05, 0.1) is 0 Å². The fourth-order valence-electron chi connectivity index (χ4n) is 2.95. The summed E-state index contributed by atoms with van der Waals surface area (Å²) < 4.78 is 1.98. The average Bonchev–Trinajstić information content (AvgIpc) is 2.59. The molecular weight excluding hydrogens is 444 g/mol. The van der Waals surface area contributed by atoms with E-state index in [-0.39, 0.29) is 17.5 Å². The Labute approximate surface area is 163 Å². The third-order valence-electron chi connectivity index (χ3n) is 4.31. The summed E-state index contributed by atoms with van der Waals surface area (Å²) >= 11 is 6.86. The quantitative estimate of drug-likeness (QED) is 0.538. The molecule has 0 saturated heterocycles. The van der Waals surface area contributed by atoms with Crippen molar-refractivity contribution in [2.24, 2.45) is 0 Å². The fraction of sp³-hybridized carbons (Fsp3) is 0.143. The molecule has 0 aromatic heterocycles. The number of ketones is 2. The molecule has 0 bridgehead atoms. The van der Waals surface area contributed by atoms with E-state index in [1.54, 1.807) is 0 Å². The lowest BCUT2D eigenvalue weighted by atomic mass is 9.77. The Bertz CT molecular complexity index is 875. The van der Waals surface area contributed by atoms with Gasteiger partial charge in [-0.05, 0) is 66.5 Å². The van der Waals surface area contributed by atoms with Crippen molar-refractivity contribution in [1.82, 2.24) is 0 Å². The molecule has 0 radical (unpaired) electrons. The van der Waals surface area contributed by atoms with Crippen molar-refractivity contribution in [3.05, 3.63) is 85.8 Å². The standard InChI is InChI=1S/C21H16Br2O2/c1-13(24)16-11-19(15-4-8-18(23)9-5-15)20(21(25)12-16)10-14-2-6-17(22)7-3-14/h2-10,12,19H,11H2,1H3/b20-10-. The second-order valence-corrected chi connectivity index (χ2v) is 7.88. The molecule has 0 N–H and O–H groups in total. The van der Waals surface area contributed by atoms with Crippen molar-refractivity contribution >= 4 is 49.5 Å². The third kappa shape index (κ3) is 4.25. The lowest BCUT2D eigenvalue weighted by molar-refractivity contribution is -0.115. The highest BCUT2D eigenvalue weighted by Gasteiger charge is 2.29. The summed E-state index contributed by atoms with van der Waals surface area (Å²) in [7, 11) is 0. The first-order chi connectivity index (χ1) is 11.9. The summed E-state index contributed by atoms with van der Waals surface area (Å²) in [4.78, 5) is 24.5. The number of halogens is 2. The second-order valence-electron chi connectivity index (χ2n) is 6.05. The highest BCUT2D eigenvalue weighted by atomic mass is 79.9. The van der Waals surface area contributed by atoms with Crippen LogP contribution in [0.4, 0.5) is 0 Å². The van der Waals surface area contributed by atoms with Gasteiger partial charge in [0.15, 0.2) is 11.6 Å². The first-order valence-electron chi connectivity index (χ1n) is 7.92. The summed E-state index contributed by atoms with van der Waals surface area (Å²) in [5, 5.41) is 0. The van der Waals surface area contributed by atoms with E-state index in [1.807, 2.05) is 54.6 Å². The van der Waals surface area contributed by atoms with Crippen molar-refractivity contribution in [3.8, 4) is 0 Å². The zero-order chi connectivity index (χ0) is 18.0. The second kappa shape index (κ2) is 7.63. The highest BCUT2D eigenvalue weighted by Crippen LogP contribution is 2.37. The van der Waals surface area contributed by atoms with Crippen LogP contribution < -0.4 is 0 Å². The summed E-state index contributed by atoms with van der Waals surface area (Å²) in [6.07, 6.45) is 3.96. The van der Waals surface area contributed by atoms with Crippen LogP contribution in [0.5, 0.6) is 0 Å². The van der Waals surface area contributed by atoms with Gasteiger partial charge in [0.1, 0.15) is 0 Å². The van der Waals surface area contributed by atoms with Crippen molar-refractivity contribution in [3.63, 3.8) is 0 Å². The maximum atomic E-state index is 12.7. The predicted octanol–water partition coefficient (Wildman–Crippen LogP) is 5.87. The molecule has 1 aliphatic carbocycles. The molecule has 1 unspecified atom stereocenters. The van der Waals surface area contributed by atoms with Gasteiger partial charge >= 0.3 is 0 Å². The molecule has 1 aliphatic rings. The van der Waals surface area contributed by atoms with Crippen molar-refractivity contribution < 1.29 is 9.59 Å². The molecule has 126 valence electrons. The van der Waals surface area contributed by atoms with E-state index in [4.69, 9.17) is 0 Å². The summed E-state index contributed by atoms with van der Waals surface area (Å²) in [6.45, 7) is 1.52. The first kappa shape index (κ1) is 18.0. The number of benzene rings is 2. The molecule has 2 nitrogen and oxygen atoms in total. The number of hydrogen-bond acceptors (Lipinski definition) is 2. The number of carbonyl (C=O) groups is 2. The number of carbonyl (C=O) groups excluding carboxylic acids is 2. The topological polar surface area (TPSA) is 34.1 Å². The molecule has 0 saturated carbocycles. The van der Waals surface area contributed by atoms with Gasteiger partial charge in [-0.2, -0.15) is 0 Å².